The van der Waals surface area contributed by atoms with E-state index in [9.17, 15) is 4.79 Å². The van der Waals surface area contributed by atoms with Crippen LogP contribution in [0.1, 0.15) is 57.8 Å². The number of rotatable bonds is 1. The van der Waals surface area contributed by atoms with Crippen LogP contribution in [0.15, 0.2) is 0 Å². The molecule has 1 fully saturated rings. The minimum absolute atomic E-state index is 0.0245. The zero-order chi connectivity index (χ0) is 11.8. The normalized spacial score (nSPS) is 29.1. The molecule has 0 aromatic carbocycles. The molecule has 2 atom stereocenters. The van der Waals surface area contributed by atoms with E-state index in [1.54, 1.807) is 0 Å². The molecule has 0 aromatic rings. The van der Waals surface area contributed by atoms with Crippen molar-refractivity contribution >= 4 is 5.97 Å². The van der Waals surface area contributed by atoms with Crippen LogP contribution in [0.5, 0.6) is 0 Å². The van der Waals surface area contributed by atoms with Crippen molar-refractivity contribution in [2.75, 3.05) is 7.11 Å². The van der Waals surface area contributed by atoms with E-state index in [1.807, 2.05) is 0 Å². The van der Waals surface area contributed by atoms with Gasteiger partial charge in [-0.1, -0.05) is 32.1 Å². The van der Waals surface area contributed by atoms with Crippen molar-refractivity contribution in [1.82, 2.24) is 0 Å². The first-order valence-corrected chi connectivity index (χ1v) is 6.57. The number of esters is 1. The van der Waals surface area contributed by atoms with Crippen molar-refractivity contribution in [3.8, 4) is 0 Å². The first kappa shape index (κ1) is 13.5. The van der Waals surface area contributed by atoms with Crippen LogP contribution in [0.3, 0.4) is 0 Å². The Morgan fingerprint density at radius 2 is 1.50 bits per heavy atom. The van der Waals surface area contributed by atoms with Crippen LogP contribution in [0.25, 0.3) is 0 Å². The molecule has 0 aromatic heterocycles. The van der Waals surface area contributed by atoms with Gasteiger partial charge in [-0.2, -0.15) is 0 Å². The van der Waals surface area contributed by atoms with Crippen molar-refractivity contribution < 1.29 is 9.53 Å². The maximum Gasteiger partial charge on any atom is 0.308 e. The second-order valence-corrected chi connectivity index (χ2v) is 4.90. The minimum Gasteiger partial charge on any atom is -0.469 e. The van der Waals surface area contributed by atoms with Gasteiger partial charge >= 0.3 is 5.97 Å². The molecule has 2 N–H and O–H groups in total. The number of carbonyl (C=O) groups excluding carboxylic acids is 1. The van der Waals surface area contributed by atoms with E-state index in [0.29, 0.717) is 6.04 Å². The summed E-state index contributed by atoms with van der Waals surface area (Å²) < 4.78 is 4.85. The zero-order valence-electron chi connectivity index (χ0n) is 10.4. The van der Waals surface area contributed by atoms with Gasteiger partial charge in [0.2, 0.25) is 0 Å². The molecule has 0 spiro atoms. The number of methoxy groups -OCH3 is 1. The molecule has 0 saturated heterocycles. The average Bonchev–Trinajstić information content (AvgIpc) is 2.34. The molecule has 16 heavy (non-hydrogen) atoms. The Hall–Kier alpha value is -0.570. The Morgan fingerprint density at radius 3 is 2.12 bits per heavy atom. The van der Waals surface area contributed by atoms with E-state index >= 15 is 0 Å². The Balaban J connectivity index is 2.39. The molecule has 2 unspecified atom stereocenters. The Labute approximate surface area is 98.7 Å². The van der Waals surface area contributed by atoms with Gasteiger partial charge in [0.05, 0.1) is 13.0 Å². The van der Waals surface area contributed by atoms with Crippen LogP contribution in [0.4, 0.5) is 0 Å². The summed E-state index contributed by atoms with van der Waals surface area (Å²) in [5.41, 5.74) is 6.00. The molecule has 0 heterocycles. The first-order valence-electron chi connectivity index (χ1n) is 6.57. The lowest BCUT2D eigenvalue weighted by Crippen LogP contribution is -2.19. The van der Waals surface area contributed by atoms with E-state index < -0.39 is 0 Å². The number of carbonyl (C=O) groups is 1. The topological polar surface area (TPSA) is 52.3 Å². The zero-order valence-corrected chi connectivity index (χ0v) is 10.4. The number of ether oxygens (including phenoxy) is 1. The highest BCUT2D eigenvalue weighted by Gasteiger charge is 2.19. The lowest BCUT2D eigenvalue weighted by molar-refractivity contribution is -0.146. The highest BCUT2D eigenvalue weighted by molar-refractivity contribution is 5.72. The summed E-state index contributed by atoms with van der Waals surface area (Å²) in [5, 5.41) is 0. The van der Waals surface area contributed by atoms with Crippen LogP contribution in [-0.4, -0.2) is 19.1 Å². The first-order chi connectivity index (χ1) is 7.74. The summed E-state index contributed by atoms with van der Waals surface area (Å²) in [4.78, 5) is 11.5. The molecular weight excluding hydrogens is 202 g/mol. The molecule has 0 radical (unpaired) electrons. The summed E-state index contributed by atoms with van der Waals surface area (Å²) in [6, 6.07) is 0.370. The largest absolute Gasteiger partial charge is 0.469 e. The summed E-state index contributed by atoms with van der Waals surface area (Å²) in [7, 11) is 1.49. The van der Waals surface area contributed by atoms with Gasteiger partial charge < -0.3 is 10.5 Å². The Bertz CT molecular complexity index is 206. The molecule has 1 aliphatic carbocycles. The van der Waals surface area contributed by atoms with Crippen LogP contribution in [0, 0.1) is 5.92 Å². The van der Waals surface area contributed by atoms with Gasteiger partial charge in [-0.15, -0.1) is 0 Å². The van der Waals surface area contributed by atoms with Gasteiger partial charge in [0.1, 0.15) is 0 Å². The third-order valence-corrected chi connectivity index (χ3v) is 3.54. The second kappa shape index (κ2) is 7.66. The summed E-state index contributed by atoms with van der Waals surface area (Å²) >= 11 is 0. The lowest BCUT2D eigenvalue weighted by Gasteiger charge is -2.13. The molecule has 0 aliphatic heterocycles. The highest BCUT2D eigenvalue weighted by atomic mass is 16.5. The van der Waals surface area contributed by atoms with Crippen molar-refractivity contribution in [2.24, 2.45) is 11.7 Å². The van der Waals surface area contributed by atoms with Crippen LogP contribution < -0.4 is 5.73 Å². The summed E-state index contributed by atoms with van der Waals surface area (Å²) in [6.07, 6.45) is 9.99. The van der Waals surface area contributed by atoms with E-state index in [4.69, 9.17) is 10.5 Å². The van der Waals surface area contributed by atoms with Gasteiger partial charge in [-0.3, -0.25) is 4.79 Å². The molecule has 1 rings (SSSR count). The Kier molecular flexibility index (Phi) is 6.46. The fraction of sp³-hybridized carbons (Fsp3) is 0.923. The second-order valence-electron chi connectivity index (χ2n) is 4.90. The average molecular weight is 227 g/mol. The minimum atomic E-state index is -0.0245. The van der Waals surface area contributed by atoms with Crippen molar-refractivity contribution in [3.63, 3.8) is 0 Å². The van der Waals surface area contributed by atoms with E-state index in [2.05, 4.69) is 0 Å². The predicted octanol–water partition coefficient (Wildman–Crippen LogP) is 2.63. The van der Waals surface area contributed by atoms with E-state index in [0.717, 1.165) is 44.9 Å². The molecule has 3 heteroatoms. The summed E-state index contributed by atoms with van der Waals surface area (Å²) in [6.45, 7) is 0. The Morgan fingerprint density at radius 1 is 1.00 bits per heavy atom. The maximum absolute atomic E-state index is 11.5. The smallest absolute Gasteiger partial charge is 0.308 e. The monoisotopic (exact) mass is 227 g/mol. The highest BCUT2D eigenvalue weighted by Crippen LogP contribution is 2.21. The molecular formula is C13H25NO2. The third-order valence-electron chi connectivity index (χ3n) is 3.54. The molecule has 94 valence electrons. The SMILES string of the molecule is COC(=O)C1CCCCCC(N)CCCC1. The standard InChI is InChI=1S/C13H25NO2/c1-16-13(15)11-7-3-2-4-9-12(14)10-6-5-8-11/h11-12H,2-10,14H2,1H3. The van der Waals surface area contributed by atoms with Gasteiger partial charge in [-0.05, 0) is 25.7 Å². The van der Waals surface area contributed by atoms with Crippen molar-refractivity contribution in [1.29, 1.82) is 0 Å². The lowest BCUT2D eigenvalue weighted by atomic mass is 9.95. The number of nitrogens with two attached hydrogens (primary N) is 1. The number of hydrogen-bond acceptors (Lipinski definition) is 3. The van der Waals surface area contributed by atoms with Crippen LogP contribution >= 0.6 is 0 Å². The van der Waals surface area contributed by atoms with Crippen molar-refractivity contribution in [3.05, 3.63) is 0 Å². The van der Waals surface area contributed by atoms with Gasteiger partial charge in [0.15, 0.2) is 0 Å². The fourth-order valence-corrected chi connectivity index (χ4v) is 2.46. The van der Waals surface area contributed by atoms with E-state index in [1.165, 1.54) is 20.0 Å². The van der Waals surface area contributed by atoms with Gasteiger partial charge in [0.25, 0.3) is 0 Å². The molecule has 3 nitrogen and oxygen atoms in total. The molecule has 1 saturated carbocycles. The van der Waals surface area contributed by atoms with Gasteiger partial charge in [0, 0.05) is 6.04 Å². The van der Waals surface area contributed by atoms with Crippen molar-refractivity contribution in [2.45, 2.75) is 63.8 Å². The third kappa shape index (κ3) is 4.97. The summed E-state index contributed by atoms with van der Waals surface area (Å²) in [5.74, 6) is 0.0999. The van der Waals surface area contributed by atoms with Gasteiger partial charge in [-0.25, -0.2) is 0 Å². The van der Waals surface area contributed by atoms with Crippen LogP contribution in [-0.2, 0) is 9.53 Å². The maximum atomic E-state index is 11.5. The molecule has 0 amide bonds. The fourth-order valence-electron chi connectivity index (χ4n) is 2.46. The predicted molar refractivity (Wildman–Crippen MR) is 65.0 cm³/mol. The van der Waals surface area contributed by atoms with Crippen LogP contribution in [0.2, 0.25) is 0 Å². The molecule has 0 bridgehead atoms. The molecule has 1 aliphatic rings. The quantitative estimate of drug-likeness (QED) is 0.701. The number of hydrogen-bond donors (Lipinski definition) is 1. The van der Waals surface area contributed by atoms with E-state index in [-0.39, 0.29) is 11.9 Å².